The molecule has 0 amide bonds. The van der Waals surface area contributed by atoms with E-state index in [1.807, 2.05) is 12.4 Å². The SMILES string of the molecule is Cc1nccn1CCNC(C)CN1CCCCC1. The highest BCUT2D eigenvalue weighted by molar-refractivity contribution is 4.88. The van der Waals surface area contributed by atoms with Crippen molar-refractivity contribution < 1.29 is 0 Å². The third kappa shape index (κ3) is 4.10. The quantitative estimate of drug-likeness (QED) is 0.833. The van der Waals surface area contributed by atoms with Crippen LogP contribution in [-0.4, -0.2) is 46.7 Å². The molecule has 18 heavy (non-hydrogen) atoms. The highest BCUT2D eigenvalue weighted by Crippen LogP contribution is 2.08. The summed E-state index contributed by atoms with van der Waals surface area (Å²) in [6.45, 7) is 10.1. The summed E-state index contributed by atoms with van der Waals surface area (Å²) in [5.74, 6) is 1.10. The van der Waals surface area contributed by atoms with E-state index in [0.29, 0.717) is 6.04 Å². The van der Waals surface area contributed by atoms with E-state index >= 15 is 0 Å². The molecule has 1 fully saturated rings. The molecule has 1 aliphatic rings. The molecule has 0 spiro atoms. The van der Waals surface area contributed by atoms with Crippen LogP contribution in [0.1, 0.15) is 32.0 Å². The van der Waals surface area contributed by atoms with Crippen molar-refractivity contribution in [3.63, 3.8) is 0 Å². The van der Waals surface area contributed by atoms with Gasteiger partial charge in [0.15, 0.2) is 0 Å². The monoisotopic (exact) mass is 250 g/mol. The molecule has 1 N–H and O–H groups in total. The lowest BCUT2D eigenvalue weighted by Gasteiger charge is -2.29. The molecular weight excluding hydrogens is 224 g/mol. The molecule has 4 nitrogen and oxygen atoms in total. The molecule has 0 saturated carbocycles. The fourth-order valence-electron chi connectivity index (χ4n) is 2.67. The van der Waals surface area contributed by atoms with E-state index in [4.69, 9.17) is 0 Å². The Bertz CT molecular complexity index is 341. The maximum absolute atomic E-state index is 4.23. The van der Waals surface area contributed by atoms with Crippen LogP contribution in [0.5, 0.6) is 0 Å². The van der Waals surface area contributed by atoms with Gasteiger partial charge in [-0.1, -0.05) is 6.42 Å². The molecule has 1 aromatic heterocycles. The number of likely N-dealkylation sites (tertiary alicyclic amines) is 1. The first-order valence-electron chi connectivity index (χ1n) is 7.19. The lowest BCUT2D eigenvalue weighted by Crippen LogP contribution is -2.42. The number of piperidine rings is 1. The second-order valence-electron chi connectivity index (χ2n) is 5.38. The van der Waals surface area contributed by atoms with E-state index in [1.54, 1.807) is 0 Å². The molecule has 1 atom stereocenters. The Hall–Kier alpha value is -0.870. The fourth-order valence-corrected chi connectivity index (χ4v) is 2.67. The van der Waals surface area contributed by atoms with Gasteiger partial charge in [0.2, 0.25) is 0 Å². The number of hydrogen-bond donors (Lipinski definition) is 1. The van der Waals surface area contributed by atoms with Gasteiger partial charge in [0, 0.05) is 38.1 Å². The van der Waals surface area contributed by atoms with E-state index < -0.39 is 0 Å². The Morgan fingerprint density at radius 3 is 2.78 bits per heavy atom. The number of nitrogens with one attached hydrogen (secondary N) is 1. The van der Waals surface area contributed by atoms with Crippen molar-refractivity contribution in [1.29, 1.82) is 0 Å². The predicted molar refractivity (Wildman–Crippen MR) is 74.7 cm³/mol. The molecule has 2 heterocycles. The minimum Gasteiger partial charge on any atom is -0.334 e. The van der Waals surface area contributed by atoms with Gasteiger partial charge in [-0.3, -0.25) is 0 Å². The predicted octanol–water partition coefficient (Wildman–Crippen LogP) is 1.66. The summed E-state index contributed by atoms with van der Waals surface area (Å²) in [5.41, 5.74) is 0. The number of aryl methyl sites for hydroxylation is 1. The van der Waals surface area contributed by atoms with E-state index in [-0.39, 0.29) is 0 Å². The molecule has 1 unspecified atom stereocenters. The maximum Gasteiger partial charge on any atom is 0.105 e. The highest BCUT2D eigenvalue weighted by Gasteiger charge is 2.12. The lowest BCUT2D eigenvalue weighted by atomic mass is 10.1. The largest absolute Gasteiger partial charge is 0.334 e. The Kier molecular flexibility index (Phi) is 5.20. The second kappa shape index (κ2) is 6.90. The summed E-state index contributed by atoms with van der Waals surface area (Å²) in [6.07, 6.45) is 8.08. The van der Waals surface area contributed by atoms with Gasteiger partial charge in [-0.2, -0.15) is 0 Å². The lowest BCUT2D eigenvalue weighted by molar-refractivity contribution is 0.209. The second-order valence-corrected chi connectivity index (χ2v) is 5.38. The molecule has 1 aliphatic heterocycles. The van der Waals surface area contributed by atoms with E-state index in [2.05, 4.69) is 33.6 Å². The zero-order valence-corrected chi connectivity index (χ0v) is 11.7. The molecule has 4 heteroatoms. The summed E-state index contributed by atoms with van der Waals surface area (Å²) in [7, 11) is 0. The van der Waals surface area contributed by atoms with Crippen LogP contribution in [0.15, 0.2) is 12.4 Å². The van der Waals surface area contributed by atoms with Crippen molar-refractivity contribution in [3.8, 4) is 0 Å². The summed E-state index contributed by atoms with van der Waals surface area (Å²) in [6, 6.07) is 0.576. The van der Waals surface area contributed by atoms with Crippen molar-refractivity contribution >= 4 is 0 Å². The molecule has 0 bridgehead atoms. The Morgan fingerprint density at radius 2 is 2.11 bits per heavy atom. The normalized spacial score (nSPS) is 19.0. The Labute approximate surface area is 110 Å². The van der Waals surface area contributed by atoms with Gasteiger partial charge in [-0.15, -0.1) is 0 Å². The first kappa shape index (κ1) is 13.6. The van der Waals surface area contributed by atoms with E-state index in [9.17, 15) is 0 Å². The first-order valence-corrected chi connectivity index (χ1v) is 7.19. The third-order valence-electron chi connectivity index (χ3n) is 3.75. The number of rotatable bonds is 6. The molecular formula is C14H26N4. The van der Waals surface area contributed by atoms with Gasteiger partial charge in [-0.05, 0) is 39.8 Å². The van der Waals surface area contributed by atoms with Crippen LogP contribution in [0.2, 0.25) is 0 Å². The van der Waals surface area contributed by atoms with Gasteiger partial charge < -0.3 is 14.8 Å². The smallest absolute Gasteiger partial charge is 0.105 e. The standard InChI is InChI=1S/C14H26N4/c1-13(12-17-8-4-3-5-9-17)15-6-10-18-11-7-16-14(18)2/h7,11,13,15H,3-6,8-10,12H2,1-2H3. The van der Waals surface area contributed by atoms with Crippen LogP contribution in [0.4, 0.5) is 0 Å². The van der Waals surface area contributed by atoms with Crippen molar-refractivity contribution in [1.82, 2.24) is 19.8 Å². The van der Waals surface area contributed by atoms with Crippen LogP contribution in [0, 0.1) is 6.92 Å². The fraction of sp³-hybridized carbons (Fsp3) is 0.786. The summed E-state index contributed by atoms with van der Waals surface area (Å²) in [4.78, 5) is 6.82. The van der Waals surface area contributed by atoms with Gasteiger partial charge in [-0.25, -0.2) is 4.98 Å². The van der Waals surface area contributed by atoms with Crippen LogP contribution in [0.25, 0.3) is 0 Å². The summed E-state index contributed by atoms with van der Waals surface area (Å²) in [5, 5.41) is 3.61. The number of imidazole rings is 1. The molecule has 0 aromatic carbocycles. The molecule has 0 aliphatic carbocycles. The highest BCUT2D eigenvalue weighted by atomic mass is 15.2. The van der Waals surface area contributed by atoms with Crippen LogP contribution in [0.3, 0.4) is 0 Å². The van der Waals surface area contributed by atoms with Crippen molar-refractivity contribution in [2.75, 3.05) is 26.2 Å². The number of hydrogen-bond acceptors (Lipinski definition) is 3. The van der Waals surface area contributed by atoms with Crippen molar-refractivity contribution in [3.05, 3.63) is 18.2 Å². The average molecular weight is 250 g/mol. The van der Waals surface area contributed by atoms with Gasteiger partial charge >= 0.3 is 0 Å². The Balaban J connectivity index is 1.62. The zero-order valence-electron chi connectivity index (χ0n) is 11.7. The van der Waals surface area contributed by atoms with Crippen molar-refractivity contribution in [2.24, 2.45) is 0 Å². The molecule has 1 aromatic rings. The number of nitrogens with zero attached hydrogens (tertiary/aromatic N) is 3. The average Bonchev–Trinajstić information content (AvgIpc) is 2.76. The van der Waals surface area contributed by atoms with Gasteiger partial charge in [0.25, 0.3) is 0 Å². The van der Waals surface area contributed by atoms with Crippen LogP contribution in [-0.2, 0) is 6.54 Å². The first-order chi connectivity index (χ1) is 8.75. The Morgan fingerprint density at radius 1 is 1.33 bits per heavy atom. The topological polar surface area (TPSA) is 33.1 Å². The van der Waals surface area contributed by atoms with Gasteiger partial charge in [0.05, 0.1) is 0 Å². The third-order valence-corrected chi connectivity index (χ3v) is 3.75. The van der Waals surface area contributed by atoms with Crippen LogP contribution >= 0.6 is 0 Å². The van der Waals surface area contributed by atoms with E-state index in [0.717, 1.165) is 18.9 Å². The van der Waals surface area contributed by atoms with Crippen LogP contribution < -0.4 is 5.32 Å². The minimum absolute atomic E-state index is 0.576. The molecule has 1 saturated heterocycles. The molecule has 102 valence electrons. The van der Waals surface area contributed by atoms with E-state index in [1.165, 1.54) is 38.9 Å². The zero-order chi connectivity index (χ0) is 12.8. The van der Waals surface area contributed by atoms with Gasteiger partial charge in [0.1, 0.15) is 5.82 Å². The summed E-state index contributed by atoms with van der Waals surface area (Å²) >= 11 is 0. The minimum atomic E-state index is 0.576. The summed E-state index contributed by atoms with van der Waals surface area (Å²) < 4.78 is 2.20. The maximum atomic E-state index is 4.23. The molecule has 0 radical (unpaired) electrons. The number of aromatic nitrogens is 2. The van der Waals surface area contributed by atoms with Crippen molar-refractivity contribution in [2.45, 2.75) is 45.7 Å². The molecule has 2 rings (SSSR count).